The Kier molecular flexibility index (Phi) is 4.03. The number of benzene rings is 1. The molecule has 0 aliphatic heterocycles. The van der Waals surface area contributed by atoms with Gasteiger partial charge in [-0.1, -0.05) is 19.3 Å². The third-order valence-corrected chi connectivity index (χ3v) is 3.65. The van der Waals surface area contributed by atoms with Gasteiger partial charge in [-0.05, 0) is 51.0 Å². The Morgan fingerprint density at radius 1 is 1.06 bits per heavy atom. The summed E-state index contributed by atoms with van der Waals surface area (Å²) in [6, 6.07) is 8.05. The molecule has 0 N–H and O–H groups in total. The van der Waals surface area contributed by atoms with E-state index < -0.39 is 0 Å². The van der Waals surface area contributed by atoms with E-state index in [-0.39, 0.29) is 5.82 Å². The van der Waals surface area contributed by atoms with E-state index in [1.807, 2.05) is 12.1 Å². The Bertz CT molecular complexity index is 338. The third kappa shape index (κ3) is 2.99. The quantitative estimate of drug-likeness (QED) is 0.751. The molecule has 0 amide bonds. The number of hydrogen-bond acceptors (Lipinski definition) is 1. The maximum Gasteiger partial charge on any atom is 0.123 e. The van der Waals surface area contributed by atoms with Crippen molar-refractivity contribution >= 4 is 5.69 Å². The van der Waals surface area contributed by atoms with Crippen molar-refractivity contribution in [3.8, 4) is 0 Å². The molecule has 1 aromatic rings. The van der Waals surface area contributed by atoms with Crippen LogP contribution in [-0.2, 0) is 0 Å². The van der Waals surface area contributed by atoms with Gasteiger partial charge in [0.1, 0.15) is 5.82 Å². The lowest BCUT2D eigenvalue weighted by Gasteiger charge is -2.39. The zero-order valence-electron chi connectivity index (χ0n) is 10.8. The lowest BCUT2D eigenvalue weighted by molar-refractivity contribution is 0.398. The van der Waals surface area contributed by atoms with Crippen molar-refractivity contribution in [1.29, 1.82) is 0 Å². The van der Waals surface area contributed by atoms with E-state index in [1.165, 1.54) is 32.1 Å². The van der Waals surface area contributed by atoms with Crippen LogP contribution in [0.3, 0.4) is 0 Å². The fraction of sp³-hybridized carbons (Fsp3) is 0.600. The predicted molar refractivity (Wildman–Crippen MR) is 70.9 cm³/mol. The fourth-order valence-corrected chi connectivity index (χ4v) is 2.90. The minimum absolute atomic E-state index is 0.152. The number of anilines is 1. The van der Waals surface area contributed by atoms with Crippen molar-refractivity contribution in [2.75, 3.05) is 4.90 Å². The van der Waals surface area contributed by atoms with Gasteiger partial charge >= 0.3 is 0 Å². The molecule has 0 aromatic heterocycles. The van der Waals surface area contributed by atoms with Crippen LogP contribution in [0.2, 0.25) is 0 Å². The van der Waals surface area contributed by atoms with Crippen LogP contribution in [0.4, 0.5) is 10.1 Å². The highest BCUT2D eigenvalue weighted by molar-refractivity contribution is 5.48. The fourth-order valence-electron chi connectivity index (χ4n) is 2.90. The summed E-state index contributed by atoms with van der Waals surface area (Å²) in [7, 11) is 0. The third-order valence-electron chi connectivity index (χ3n) is 3.65. The molecule has 94 valence electrons. The zero-order chi connectivity index (χ0) is 12.3. The molecule has 1 nitrogen and oxygen atoms in total. The lowest BCUT2D eigenvalue weighted by Crippen LogP contribution is -2.41. The molecule has 2 rings (SSSR count). The van der Waals surface area contributed by atoms with E-state index in [9.17, 15) is 4.39 Å². The Balaban J connectivity index is 2.18. The summed E-state index contributed by atoms with van der Waals surface area (Å²) in [4.78, 5) is 2.46. The van der Waals surface area contributed by atoms with Crippen LogP contribution >= 0.6 is 0 Å². The van der Waals surface area contributed by atoms with Crippen LogP contribution in [0, 0.1) is 5.82 Å². The van der Waals surface area contributed by atoms with Gasteiger partial charge in [0.25, 0.3) is 0 Å². The van der Waals surface area contributed by atoms with E-state index >= 15 is 0 Å². The van der Waals surface area contributed by atoms with Gasteiger partial charge in [0, 0.05) is 17.8 Å². The molecule has 2 heteroatoms. The number of nitrogens with zero attached hydrogens (tertiary/aromatic N) is 1. The summed E-state index contributed by atoms with van der Waals surface area (Å²) in [6.45, 7) is 4.44. The van der Waals surface area contributed by atoms with Crippen LogP contribution in [0.5, 0.6) is 0 Å². The molecule has 0 unspecified atom stereocenters. The van der Waals surface area contributed by atoms with E-state index in [4.69, 9.17) is 0 Å². The van der Waals surface area contributed by atoms with Gasteiger partial charge < -0.3 is 4.90 Å². The monoisotopic (exact) mass is 235 g/mol. The first-order chi connectivity index (χ1) is 8.18. The highest BCUT2D eigenvalue weighted by Crippen LogP contribution is 2.29. The molecule has 1 fully saturated rings. The van der Waals surface area contributed by atoms with Gasteiger partial charge in [-0.3, -0.25) is 0 Å². The predicted octanol–water partition coefficient (Wildman–Crippen LogP) is 4.37. The van der Waals surface area contributed by atoms with E-state index in [2.05, 4.69) is 18.7 Å². The topological polar surface area (TPSA) is 3.24 Å². The average Bonchev–Trinajstić information content (AvgIpc) is 2.33. The summed E-state index contributed by atoms with van der Waals surface area (Å²) in [5, 5.41) is 0. The first kappa shape index (κ1) is 12.4. The van der Waals surface area contributed by atoms with Crippen molar-refractivity contribution in [3.05, 3.63) is 30.1 Å². The van der Waals surface area contributed by atoms with Crippen molar-refractivity contribution in [2.45, 2.75) is 58.0 Å². The van der Waals surface area contributed by atoms with Gasteiger partial charge in [0.2, 0.25) is 0 Å². The minimum Gasteiger partial charge on any atom is -0.366 e. The second kappa shape index (κ2) is 5.52. The van der Waals surface area contributed by atoms with Crippen LogP contribution in [0.15, 0.2) is 24.3 Å². The summed E-state index contributed by atoms with van der Waals surface area (Å²) in [5.74, 6) is -0.152. The van der Waals surface area contributed by atoms with Crippen LogP contribution in [-0.4, -0.2) is 12.1 Å². The average molecular weight is 235 g/mol. The molecule has 0 saturated heterocycles. The van der Waals surface area contributed by atoms with Crippen LogP contribution < -0.4 is 4.90 Å². The Labute approximate surface area is 104 Å². The highest BCUT2D eigenvalue weighted by Gasteiger charge is 2.23. The van der Waals surface area contributed by atoms with E-state index in [1.54, 1.807) is 12.1 Å². The standard InChI is InChI=1S/C15H22FN/c1-12(2)17(14-6-4-3-5-7-14)15-10-8-13(16)9-11-15/h8-12,14H,3-7H2,1-2H3. The second-order valence-electron chi connectivity index (χ2n) is 5.27. The first-order valence-electron chi connectivity index (χ1n) is 6.72. The Morgan fingerprint density at radius 2 is 1.65 bits per heavy atom. The Morgan fingerprint density at radius 3 is 2.18 bits per heavy atom. The SMILES string of the molecule is CC(C)N(c1ccc(F)cc1)C1CCCCC1. The summed E-state index contributed by atoms with van der Waals surface area (Å²) >= 11 is 0. The Hall–Kier alpha value is -1.05. The molecule has 1 aliphatic rings. The molecule has 0 heterocycles. The van der Waals surface area contributed by atoms with Gasteiger partial charge in [0.15, 0.2) is 0 Å². The van der Waals surface area contributed by atoms with Gasteiger partial charge in [-0.2, -0.15) is 0 Å². The number of rotatable bonds is 3. The van der Waals surface area contributed by atoms with Crippen molar-refractivity contribution in [3.63, 3.8) is 0 Å². The maximum absolute atomic E-state index is 13.0. The van der Waals surface area contributed by atoms with Gasteiger partial charge in [0.05, 0.1) is 0 Å². The molecule has 1 saturated carbocycles. The summed E-state index contributed by atoms with van der Waals surface area (Å²) in [5.41, 5.74) is 1.16. The molecule has 17 heavy (non-hydrogen) atoms. The summed E-state index contributed by atoms with van der Waals surface area (Å²) < 4.78 is 13.0. The molecular weight excluding hydrogens is 213 g/mol. The molecule has 0 bridgehead atoms. The molecular formula is C15H22FN. The molecule has 1 aromatic carbocycles. The maximum atomic E-state index is 13.0. The molecule has 1 aliphatic carbocycles. The number of hydrogen-bond donors (Lipinski definition) is 0. The second-order valence-corrected chi connectivity index (χ2v) is 5.27. The highest BCUT2D eigenvalue weighted by atomic mass is 19.1. The normalized spacial score (nSPS) is 17.4. The van der Waals surface area contributed by atoms with Gasteiger partial charge in [-0.25, -0.2) is 4.39 Å². The van der Waals surface area contributed by atoms with Gasteiger partial charge in [-0.15, -0.1) is 0 Å². The zero-order valence-corrected chi connectivity index (χ0v) is 10.8. The molecule has 0 radical (unpaired) electrons. The first-order valence-corrected chi connectivity index (χ1v) is 6.72. The summed E-state index contributed by atoms with van der Waals surface area (Å²) in [6.07, 6.45) is 6.57. The minimum atomic E-state index is -0.152. The van der Waals surface area contributed by atoms with E-state index in [0.29, 0.717) is 12.1 Å². The lowest BCUT2D eigenvalue weighted by atomic mass is 9.93. The smallest absolute Gasteiger partial charge is 0.123 e. The largest absolute Gasteiger partial charge is 0.366 e. The van der Waals surface area contributed by atoms with Crippen molar-refractivity contribution < 1.29 is 4.39 Å². The van der Waals surface area contributed by atoms with E-state index in [0.717, 1.165) is 5.69 Å². The van der Waals surface area contributed by atoms with Crippen molar-refractivity contribution in [2.24, 2.45) is 0 Å². The van der Waals surface area contributed by atoms with Crippen molar-refractivity contribution in [1.82, 2.24) is 0 Å². The number of halogens is 1. The van der Waals surface area contributed by atoms with Crippen LogP contribution in [0.1, 0.15) is 46.0 Å². The molecule has 0 spiro atoms. The molecule has 0 atom stereocenters. The van der Waals surface area contributed by atoms with Crippen LogP contribution in [0.25, 0.3) is 0 Å².